The third-order valence-corrected chi connectivity index (χ3v) is 5.20. The molecule has 2 aromatic rings. The average molecular weight is 338 g/mol. The smallest absolute Gasteiger partial charge is 0.151 e. The Morgan fingerprint density at radius 2 is 1.56 bits per heavy atom. The van der Waals surface area contributed by atoms with Gasteiger partial charge in [0.2, 0.25) is 0 Å². The zero-order chi connectivity index (χ0) is 17.5. The summed E-state index contributed by atoms with van der Waals surface area (Å²) in [6.07, 6.45) is 10.8. The second-order valence-corrected chi connectivity index (χ2v) is 7.25. The van der Waals surface area contributed by atoms with Crippen LogP contribution < -0.4 is 10.1 Å². The Labute approximate surface area is 152 Å². The minimum absolute atomic E-state index is 0.548. The van der Waals surface area contributed by atoms with Gasteiger partial charge in [-0.1, -0.05) is 83.1 Å². The first kappa shape index (κ1) is 17.8. The molecule has 2 nitrogen and oxygen atoms in total. The molecule has 25 heavy (non-hydrogen) atoms. The number of fused-ring (bicyclic) bond motifs is 2. The first-order valence-corrected chi connectivity index (χ1v) is 9.96. The number of benzene rings is 2. The largest absolute Gasteiger partial charge is 0.453 e. The van der Waals surface area contributed by atoms with Crippen LogP contribution in [0, 0.1) is 0 Å². The normalized spacial score (nSPS) is 13.4. The molecule has 3 rings (SSSR count). The summed E-state index contributed by atoms with van der Waals surface area (Å²) in [4.78, 5) is 0. The maximum Gasteiger partial charge on any atom is 0.151 e. The van der Waals surface area contributed by atoms with Crippen LogP contribution in [0.3, 0.4) is 0 Å². The van der Waals surface area contributed by atoms with Crippen LogP contribution in [0.5, 0.6) is 11.5 Å². The fraction of sp³-hybridized carbons (Fsp3) is 0.478. The molecule has 0 aromatic heterocycles. The van der Waals surface area contributed by atoms with Crippen molar-refractivity contribution in [2.75, 3.05) is 5.32 Å². The summed E-state index contributed by atoms with van der Waals surface area (Å²) >= 11 is 0. The van der Waals surface area contributed by atoms with Crippen LogP contribution in [-0.4, -0.2) is 0 Å². The summed E-state index contributed by atoms with van der Waals surface area (Å²) < 4.78 is 6.09. The van der Waals surface area contributed by atoms with E-state index < -0.39 is 0 Å². The van der Waals surface area contributed by atoms with Crippen molar-refractivity contribution in [3.8, 4) is 11.5 Å². The second-order valence-electron chi connectivity index (χ2n) is 7.25. The molecule has 0 radical (unpaired) electrons. The molecule has 0 saturated carbocycles. The average Bonchev–Trinajstić information content (AvgIpc) is 2.65. The Morgan fingerprint density at radius 3 is 2.40 bits per heavy atom. The standard InChI is InChI=1S/C23H31NO/c1-3-4-5-6-7-8-9-13-18(2)19-14-12-17-22-23(19)24-20-15-10-11-16-21(20)25-22/h10-12,14-18,24H,3-9,13H2,1-2H3. The van der Waals surface area contributed by atoms with Gasteiger partial charge in [0, 0.05) is 0 Å². The van der Waals surface area contributed by atoms with Gasteiger partial charge < -0.3 is 10.1 Å². The Bertz CT molecular complexity index is 680. The van der Waals surface area contributed by atoms with Crippen LogP contribution in [0.1, 0.15) is 76.7 Å². The van der Waals surface area contributed by atoms with Gasteiger partial charge in [0.15, 0.2) is 11.5 Å². The first-order valence-electron chi connectivity index (χ1n) is 9.96. The summed E-state index contributed by atoms with van der Waals surface area (Å²) in [6, 6.07) is 14.6. The maximum atomic E-state index is 6.09. The third-order valence-electron chi connectivity index (χ3n) is 5.20. The molecule has 134 valence electrons. The highest BCUT2D eigenvalue weighted by atomic mass is 16.5. The predicted octanol–water partition coefficient (Wildman–Crippen LogP) is 7.78. The van der Waals surface area contributed by atoms with Gasteiger partial charge in [-0.3, -0.25) is 0 Å². The van der Waals surface area contributed by atoms with Crippen LogP contribution in [0.15, 0.2) is 42.5 Å². The first-order chi connectivity index (χ1) is 12.3. The summed E-state index contributed by atoms with van der Waals surface area (Å²) in [5, 5.41) is 3.59. The van der Waals surface area contributed by atoms with Gasteiger partial charge in [-0.15, -0.1) is 0 Å². The molecule has 0 fully saturated rings. The zero-order valence-electron chi connectivity index (χ0n) is 15.7. The fourth-order valence-corrected chi connectivity index (χ4v) is 3.65. The molecule has 1 N–H and O–H groups in total. The molecule has 1 atom stereocenters. The molecule has 1 unspecified atom stereocenters. The van der Waals surface area contributed by atoms with Crippen molar-refractivity contribution in [1.29, 1.82) is 0 Å². The molecule has 0 amide bonds. The summed E-state index contributed by atoms with van der Waals surface area (Å²) in [6.45, 7) is 4.62. The van der Waals surface area contributed by atoms with Crippen LogP contribution in [0.25, 0.3) is 0 Å². The molecule has 1 aliphatic rings. The van der Waals surface area contributed by atoms with Gasteiger partial charge in [-0.2, -0.15) is 0 Å². The zero-order valence-corrected chi connectivity index (χ0v) is 15.7. The van der Waals surface area contributed by atoms with Gasteiger partial charge in [-0.25, -0.2) is 0 Å². The highest BCUT2D eigenvalue weighted by molar-refractivity contribution is 5.78. The number of hydrogen-bond acceptors (Lipinski definition) is 2. The maximum absolute atomic E-state index is 6.09. The van der Waals surface area contributed by atoms with E-state index in [9.17, 15) is 0 Å². The Morgan fingerprint density at radius 1 is 0.840 bits per heavy atom. The third kappa shape index (κ3) is 4.56. The molecule has 0 aliphatic carbocycles. The number of nitrogens with one attached hydrogen (secondary N) is 1. The van der Waals surface area contributed by atoms with Crippen molar-refractivity contribution in [3.05, 3.63) is 48.0 Å². The van der Waals surface area contributed by atoms with Crippen molar-refractivity contribution in [3.63, 3.8) is 0 Å². The molecular formula is C23H31NO. The van der Waals surface area contributed by atoms with Crippen LogP contribution in [-0.2, 0) is 0 Å². The quantitative estimate of drug-likeness (QED) is 0.402. The number of hydrogen-bond donors (Lipinski definition) is 1. The monoisotopic (exact) mass is 337 g/mol. The molecule has 0 saturated heterocycles. The van der Waals surface area contributed by atoms with Gasteiger partial charge in [0.25, 0.3) is 0 Å². The second kappa shape index (κ2) is 8.94. The summed E-state index contributed by atoms with van der Waals surface area (Å²) in [5.74, 6) is 2.40. The van der Waals surface area contributed by atoms with E-state index in [1.807, 2.05) is 18.2 Å². The molecule has 1 heterocycles. The van der Waals surface area contributed by atoms with Crippen molar-refractivity contribution >= 4 is 11.4 Å². The van der Waals surface area contributed by atoms with Crippen molar-refractivity contribution in [2.45, 2.75) is 71.1 Å². The lowest BCUT2D eigenvalue weighted by molar-refractivity contribution is 0.479. The van der Waals surface area contributed by atoms with E-state index in [0.29, 0.717) is 5.92 Å². The van der Waals surface area contributed by atoms with E-state index in [-0.39, 0.29) is 0 Å². The van der Waals surface area contributed by atoms with E-state index in [0.717, 1.165) is 22.9 Å². The molecule has 2 heteroatoms. The molecule has 0 bridgehead atoms. The van der Waals surface area contributed by atoms with E-state index in [1.54, 1.807) is 0 Å². The highest BCUT2D eigenvalue weighted by Crippen LogP contribution is 2.45. The van der Waals surface area contributed by atoms with Gasteiger partial charge in [0.05, 0.1) is 11.4 Å². The topological polar surface area (TPSA) is 21.3 Å². The number of rotatable bonds is 9. The summed E-state index contributed by atoms with van der Waals surface area (Å²) in [7, 11) is 0. The Kier molecular flexibility index (Phi) is 6.38. The lowest BCUT2D eigenvalue weighted by atomic mass is 9.92. The molecule has 1 aliphatic heterocycles. The lowest BCUT2D eigenvalue weighted by Gasteiger charge is -2.26. The fourth-order valence-electron chi connectivity index (χ4n) is 3.65. The van der Waals surface area contributed by atoms with Crippen LogP contribution in [0.2, 0.25) is 0 Å². The van der Waals surface area contributed by atoms with Crippen molar-refractivity contribution in [1.82, 2.24) is 0 Å². The SMILES string of the molecule is CCCCCCCCCC(C)c1cccc2c1Nc1ccccc1O2. The molecule has 2 aromatic carbocycles. The van der Waals surface area contributed by atoms with Gasteiger partial charge in [-0.05, 0) is 36.1 Å². The van der Waals surface area contributed by atoms with E-state index in [1.165, 1.54) is 56.9 Å². The van der Waals surface area contributed by atoms with Crippen molar-refractivity contribution < 1.29 is 4.74 Å². The summed E-state index contributed by atoms with van der Waals surface area (Å²) in [5.41, 5.74) is 3.58. The van der Waals surface area contributed by atoms with Gasteiger partial charge in [0.1, 0.15) is 0 Å². The van der Waals surface area contributed by atoms with Gasteiger partial charge >= 0.3 is 0 Å². The number of anilines is 2. The van der Waals surface area contributed by atoms with Crippen molar-refractivity contribution in [2.24, 2.45) is 0 Å². The molecular weight excluding hydrogens is 306 g/mol. The van der Waals surface area contributed by atoms with E-state index in [4.69, 9.17) is 4.74 Å². The van der Waals surface area contributed by atoms with E-state index in [2.05, 4.69) is 43.4 Å². The number of unbranched alkanes of at least 4 members (excludes halogenated alkanes) is 6. The lowest BCUT2D eigenvalue weighted by Crippen LogP contribution is -2.07. The minimum Gasteiger partial charge on any atom is -0.453 e. The van der Waals surface area contributed by atoms with Crippen LogP contribution >= 0.6 is 0 Å². The number of ether oxygens (including phenoxy) is 1. The Balaban J connectivity index is 1.57. The minimum atomic E-state index is 0.548. The van der Waals surface area contributed by atoms with Crippen LogP contribution in [0.4, 0.5) is 11.4 Å². The molecule has 0 spiro atoms. The Hall–Kier alpha value is -1.96. The number of para-hydroxylation sites is 3. The highest BCUT2D eigenvalue weighted by Gasteiger charge is 2.21. The predicted molar refractivity (Wildman–Crippen MR) is 107 cm³/mol. The van der Waals surface area contributed by atoms with E-state index >= 15 is 0 Å².